The van der Waals surface area contributed by atoms with E-state index in [0.29, 0.717) is 27.4 Å². The molecule has 0 atom stereocenters. The van der Waals surface area contributed by atoms with Gasteiger partial charge in [0.05, 0.1) is 12.5 Å². The molecule has 28 heavy (non-hydrogen) atoms. The Hall–Kier alpha value is -2.99. The number of methoxy groups -OCH3 is 1. The zero-order valence-electron chi connectivity index (χ0n) is 15.8. The summed E-state index contributed by atoms with van der Waals surface area (Å²) in [6, 6.07) is 12.4. The van der Waals surface area contributed by atoms with Gasteiger partial charge in [-0.15, -0.1) is 11.3 Å². The lowest BCUT2D eigenvalue weighted by Crippen LogP contribution is -2.12. The van der Waals surface area contributed by atoms with E-state index in [4.69, 9.17) is 4.74 Å². The summed E-state index contributed by atoms with van der Waals surface area (Å²) in [6.45, 7) is 3.97. The molecule has 2 aromatic carbocycles. The molecule has 0 radical (unpaired) electrons. The van der Waals surface area contributed by atoms with Crippen LogP contribution >= 0.6 is 11.3 Å². The number of rotatable bonds is 4. The van der Waals surface area contributed by atoms with Gasteiger partial charge in [-0.3, -0.25) is 4.79 Å². The van der Waals surface area contributed by atoms with Gasteiger partial charge in [0.25, 0.3) is 5.56 Å². The molecular weight excluding hydrogens is 375 g/mol. The standard InChI is InChI=1S/C22H19FN2O2S/c1-12-8-9-17(27-3)15(10-12)19-13(2)28-22-20(19)21(26)24-18(25-22)11-14-6-4-5-7-16(14)23/h4-10H,11H2,1-3H3,(H,24,25,26). The van der Waals surface area contributed by atoms with Crippen molar-refractivity contribution in [3.05, 3.63) is 80.5 Å². The van der Waals surface area contributed by atoms with Crippen LogP contribution in [0.1, 0.15) is 21.8 Å². The van der Waals surface area contributed by atoms with Crippen molar-refractivity contribution in [2.45, 2.75) is 20.3 Å². The third-order valence-corrected chi connectivity index (χ3v) is 5.73. The van der Waals surface area contributed by atoms with E-state index in [-0.39, 0.29) is 17.8 Å². The molecule has 0 aliphatic carbocycles. The van der Waals surface area contributed by atoms with Crippen LogP contribution in [-0.4, -0.2) is 17.1 Å². The lowest BCUT2D eigenvalue weighted by Gasteiger charge is -2.10. The first-order chi connectivity index (χ1) is 13.5. The zero-order valence-corrected chi connectivity index (χ0v) is 16.6. The summed E-state index contributed by atoms with van der Waals surface area (Å²) < 4.78 is 19.5. The second kappa shape index (κ2) is 7.20. The Morgan fingerprint density at radius 1 is 1.18 bits per heavy atom. The summed E-state index contributed by atoms with van der Waals surface area (Å²) in [5, 5.41) is 0.545. The van der Waals surface area contributed by atoms with E-state index in [2.05, 4.69) is 9.97 Å². The summed E-state index contributed by atoms with van der Waals surface area (Å²) in [7, 11) is 1.62. The van der Waals surface area contributed by atoms with E-state index in [1.807, 2.05) is 32.0 Å². The van der Waals surface area contributed by atoms with Gasteiger partial charge in [-0.25, -0.2) is 9.37 Å². The van der Waals surface area contributed by atoms with Gasteiger partial charge in [-0.2, -0.15) is 0 Å². The van der Waals surface area contributed by atoms with Gasteiger partial charge in [0.2, 0.25) is 0 Å². The van der Waals surface area contributed by atoms with Crippen LogP contribution in [0.4, 0.5) is 4.39 Å². The number of nitrogens with zero attached hydrogens (tertiary/aromatic N) is 1. The molecule has 4 aromatic rings. The van der Waals surface area contributed by atoms with E-state index in [9.17, 15) is 9.18 Å². The van der Waals surface area contributed by atoms with Gasteiger partial charge in [0, 0.05) is 22.4 Å². The SMILES string of the molecule is COc1ccc(C)cc1-c1c(C)sc2nc(Cc3ccccc3F)[nH]c(=O)c12. The Balaban J connectivity index is 1.88. The van der Waals surface area contributed by atoms with Crippen molar-refractivity contribution < 1.29 is 9.13 Å². The molecule has 0 aliphatic heterocycles. The monoisotopic (exact) mass is 394 g/mol. The van der Waals surface area contributed by atoms with E-state index in [0.717, 1.165) is 21.6 Å². The van der Waals surface area contributed by atoms with E-state index in [1.54, 1.807) is 25.3 Å². The molecule has 0 fully saturated rings. The molecule has 0 bridgehead atoms. The maximum absolute atomic E-state index is 14.0. The molecule has 142 valence electrons. The molecule has 0 amide bonds. The molecule has 6 heteroatoms. The minimum absolute atomic E-state index is 0.223. The third kappa shape index (κ3) is 3.20. The van der Waals surface area contributed by atoms with Crippen LogP contribution in [0.15, 0.2) is 47.3 Å². The highest BCUT2D eigenvalue weighted by molar-refractivity contribution is 7.19. The Morgan fingerprint density at radius 3 is 2.71 bits per heavy atom. The normalized spacial score (nSPS) is 11.1. The number of aromatic amines is 1. The van der Waals surface area contributed by atoms with Gasteiger partial charge in [-0.1, -0.05) is 29.8 Å². The van der Waals surface area contributed by atoms with Crippen molar-refractivity contribution in [2.75, 3.05) is 7.11 Å². The molecule has 4 nitrogen and oxygen atoms in total. The highest BCUT2D eigenvalue weighted by Crippen LogP contribution is 2.40. The minimum Gasteiger partial charge on any atom is -0.496 e. The summed E-state index contributed by atoms with van der Waals surface area (Å²) in [5.74, 6) is 0.854. The predicted molar refractivity (Wildman–Crippen MR) is 111 cm³/mol. The summed E-state index contributed by atoms with van der Waals surface area (Å²) in [6.07, 6.45) is 0.234. The summed E-state index contributed by atoms with van der Waals surface area (Å²) in [5.41, 5.74) is 3.07. The molecule has 0 unspecified atom stereocenters. The first-order valence-electron chi connectivity index (χ1n) is 8.88. The molecule has 4 rings (SSSR count). The van der Waals surface area contributed by atoms with Crippen molar-refractivity contribution in [3.63, 3.8) is 0 Å². The van der Waals surface area contributed by atoms with E-state index in [1.165, 1.54) is 17.4 Å². The number of halogens is 1. The number of aromatic nitrogens is 2. The predicted octanol–water partition coefficient (Wildman–Crippen LogP) is 5.01. The largest absolute Gasteiger partial charge is 0.496 e. The Kier molecular flexibility index (Phi) is 4.73. The van der Waals surface area contributed by atoms with Crippen LogP contribution in [0.5, 0.6) is 5.75 Å². The molecule has 1 N–H and O–H groups in total. The van der Waals surface area contributed by atoms with Crippen LogP contribution in [0.3, 0.4) is 0 Å². The van der Waals surface area contributed by atoms with Gasteiger partial charge in [0.15, 0.2) is 0 Å². The molecule has 2 heterocycles. The summed E-state index contributed by atoms with van der Waals surface area (Å²) >= 11 is 1.46. The van der Waals surface area contributed by atoms with Crippen molar-refractivity contribution in [1.82, 2.24) is 9.97 Å². The van der Waals surface area contributed by atoms with Crippen LogP contribution in [0.2, 0.25) is 0 Å². The number of benzene rings is 2. The second-order valence-electron chi connectivity index (χ2n) is 6.70. The number of nitrogens with one attached hydrogen (secondary N) is 1. The fraction of sp³-hybridized carbons (Fsp3) is 0.182. The van der Waals surface area contributed by atoms with Crippen LogP contribution < -0.4 is 10.3 Å². The molecule has 0 saturated heterocycles. The number of thiophene rings is 1. The van der Waals surface area contributed by atoms with Gasteiger partial charge < -0.3 is 9.72 Å². The quantitative estimate of drug-likeness (QED) is 0.530. The Bertz CT molecular complexity index is 1240. The topological polar surface area (TPSA) is 55.0 Å². The molecule has 0 spiro atoms. The summed E-state index contributed by atoms with van der Waals surface area (Å²) in [4.78, 5) is 22.0. The number of hydrogen-bond donors (Lipinski definition) is 1. The van der Waals surface area contributed by atoms with Gasteiger partial charge in [0.1, 0.15) is 22.2 Å². The molecule has 2 aromatic heterocycles. The van der Waals surface area contributed by atoms with Gasteiger partial charge >= 0.3 is 0 Å². The van der Waals surface area contributed by atoms with E-state index >= 15 is 0 Å². The smallest absolute Gasteiger partial charge is 0.260 e. The maximum atomic E-state index is 14.0. The third-order valence-electron chi connectivity index (χ3n) is 4.73. The van der Waals surface area contributed by atoms with Crippen molar-refractivity contribution >= 4 is 21.6 Å². The Morgan fingerprint density at radius 2 is 1.96 bits per heavy atom. The van der Waals surface area contributed by atoms with Crippen molar-refractivity contribution in [3.8, 4) is 16.9 Å². The molecule has 0 saturated carbocycles. The average molecular weight is 394 g/mol. The first-order valence-corrected chi connectivity index (χ1v) is 9.70. The van der Waals surface area contributed by atoms with E-state index < -0.39 is 0 Å². The maximum Gasteiger partial charge on any atom is 0.260 e. The number of H-pyrrole nitrogens is 1. The van der Waals surface area contributed by atoms with Crippen LogP contribution in [0.25, 0.3) is 21.3 Å². The number of hydrogen-bond acceptors (Lipinski definition) is 4. The number of fused-ring (bicyclic) bond motifs is 1. The van der Waals surface area contributed by atoms with Crippen molar-refractivity contribution in [1.29, 1.82) is 0 Å². The lowest BCUT2D eigenvalue weighted by atomic mass is 10.0. The second-order valence-corrected chi connectivity index (χ2v) is 7.90. The van der Waals surface area contributed by atoms with Crippen molar-refractivity contribution in [2.24, 2.45) is 0 Å². The lowest BCUT2D eigenvalue weighted by molar-refractivity contribution is 0.416. The number of ether oxygens (including phenoxy) is 1. The average Bonchev–Trinajstić information content (AvgIpc) is 3.00. The van der Waals surface area contributed by atoms with Crippen LogP contribution in [0, 0.1) is 19.7 Å². The highest BCUT2D eigenvalue weighted by atomic mass is 32.1. The molecule has 0 aliphatic rings. The molecular formula is C22H19FN2O2S. The Labute approximate surface area is 165 Å². The highest BCUT2D eigenvalue weighted by Gasteiger charge is 2.20. The fourth-order valence-electron chi connectivity index (χ4n) is 3.41. The first kappa shape index (κ1) is 18.4. The number of aryl methyl sites for hydroxylation is 2. The zero-order chi connectivity index (χ0) is 19.8. The van der Waals surface area contributed by atoms with Crippen LogP contribution in [-0.2, 0) is 6.42 Å². The minimum atomic E-state index is -0.308. The fourth-order valence-corrected chi connectivity index (χ4v) is 4.47. The van der Waals surface area contributed by atoms with Gasteiger partial charge in [-0.05, 0) is 37.6 Å².